The van der Waals surface area contributed by atoms with Crippen molar-refractivity contribution in [2.45, 2.75) is 52.2 Å². The Labute approximate surface area is 174 Å². The third-order valence-corrected chi connectivity index (χ3v) is 5.38. The fourth-order valence-electron chi connectivity index (χ4n) is 3.93. The van der Waals surface area contributed by atoms with Gasteiger partial charge in [0.15, 0.2) is 5.82 Å². The van der Waals surface area contributed by atoms with Crippen LogP contribution in [0.15, 0.2) is 23.0 Å². The number of amides is 1. The van der Waals surface area contributed by atoms with Crippen LogP contribution in [-0.4, -0.2) is 54.0 Å². The highest BCUT2D eigenvalue weighted by Gasteiger charge is 2.29. The highest BCUT2D eigenvalue weighted by Crippen LogP contribution is 2.31. The minimum Gasteiger partial charge on any atom is -0.444 e. The number of nitrogens with one attached hydrogen (secondary N) is 1. The predicted octanol–water partition coefficient (Wildman–Crippen LogP) is 3.01. The van der Waals surface area contributed by atoms with Crippen molar-refractivity contribution < 1.29 is 9.53 Å². The average molecular weight is 412 g/mol. The summed E-state index contributed by atoms with van der Waals surface area (Å²) in [6.45, 7) is 8.68. The van der Waals surface area contributed by atoms with Gasteiger partial charge in [0.2, 0.25) is 0 Å². The lowest BCUT2D eigenvalue weighted by molar-refractivity contribution is 0.0185. The molecule has 1 aliphatic rings. The maximum absolute atomic E-state index is 12.4. The van der Waals surface area contributed by atoms with Crippen molar-refractivity contribution in [3.63, 3.8) is 0 Å². The molecular formula is C21H28N6O3. The van der Waals surface area contributed by atoms with Gasteiger partial charge in [-0.3, -0.25) is 4.57 Å². The lowest BCUT2D eigenvalue weighted by Gasteiger charge is -2.33. The van der Waals surface area contributed by atoms with Crippen LogP contribution in [0.5, 0.6) is 0 Å². The molecule has 1 fully saturated rings. The zero-order valence-electron chi connectivity index (χ0n) is 18.1. The molecule has 9 nitrogen and oxygen atoms in total. The standard InChI is InChI=1S/C21H28N6O3/c1-13-22-18(15-7-6-8-16-17(15)23-19(28)25(16)5)27(24-13)14-9-11-26(12-10-14)20(29)30-21(2,3)4/h6-8,14H,9-12H2,1-5H3,(H,23,28). The number of aryl methyl sites for hydroxylation is 2. The number of fused-ring (bicyclic) bond motifs is 1. The lowest BCUT2D eigenvalue weighted by atomic mass is 10.0. The quantitative estimate of drug-likeness (QED) is 0.698. The molecule has 4 rings (SSSR count). The fourth-order valence-corrected chi connectivity index (χ4v) is 3.93. The first-order valence-electron chi connectivity index (χ1n) is 10.2. The number of carbonyl (C=O) groups excluding carboxylic acids is 1. The van der Waals surface area contributed by atoms with Crippen LogP contribution in [0.25, 0.3) is 22.4 Å². The number of aromatic nitrogens is 5. The molecule has 0 saturated carbocycles. The van der Waals surface area contributed by atoms with E-state index in [9.17, 15) is 9.59 Å². The van der Waals surface area contributed by atoms with Gasteiger partial charge < -0.3 is 14.6 Å². The van der Waals surface area contributed by atoms with E-state index in [1.807, 2.05) is 50.6 Å². The number of imidazole rings is 1. The number of para-hydroxylation sites is 1. The summed E-state index contributed by atoms with van der Waals surface area (Å²) >= 11 is 0. The third-order valence-electron chi connectivity index (χ3n) is 5.38. The smallest absolute Gasteiger partial charge is 0.410 e. The van der Waals surface area contributed by atoms with Crippen molar-refractivity contribution >= 4 is 17.1 Å². The molecule has 1 amide bonds. The molecule has 0 unspecified atom stereocenters. The molecule has 0 radical (unpaired) electrons. The minimum absolute atomic E-state index is 0.116. The molecule has 0 atom stereocenters. The van der Waals surface area contributed by atoms with Crippen molar-refractivity contribution in [3.8, 4) is 11.4 Å². The van der Waals surface area contributed by atoms with Crippen molar-refractivity contribution in [2.24, 2.45) is 7.05 Å². The molecule has 3 aromatic rings. The number of hydrogen-bond acceptors (Lipinski definition) is 5. The highest BCUT2D eigenvalue weighted by atomic mass is 16.6. The average Bonchev–Trinajstić information content (AvgIpc) is 3.20. The molecule has 0 aliphatic carbocycles. The molecule has 0 bridgehead atoms. The first kappa shape index (κ1) is 20.2. The second-order valence-corrected chi connectivity index (χ2v) is 8.81. The zero-order valence-corrected chi connectivity index (χ0v) is 18.1. The first-order chi connectivity index (χ1) is 14.1. The van der Waals surface area contributed by atoms with Gasteiger partial charge >= 0.3 is 11.8 Å². The highest BCUT2D eigenvalue weighted by molar-refractivity contribution is 5.90. The first-order valence-corrected chi connectivity index (χ1v) is 10.2. The Morgan fingerprint density at radius 3 is 2.60 bits per heavy atom. The Balaban J connectivity index is 1.61. The number of aromatic amines is 1. The van der Waals surface area contributed by atoms with E-state index < -0.39 is 5.60 Å². The van der Waals surface area contributed by atoms with Crippen LogP contribution in [0.2, 0.25) is 0 Å². The molecule has 3 heterocycles. The van der Waals surface area contributed by atoms with E-state index >= 15 is 0 Å². The molecule has 1 aromatic carbocycles. The van der Waals surface area contributed by atoms with Gasteiger partial charge in [0.25, 0.3) is 0 Å². The molecule has 1 N–H and O–H groups in total. The predicted molar refractivity (Wildman–Crippen MR) is 113 cm³/mol. The van der Waals surface area contributed by atoms with Gasteiger partial charge in [-0.1, -0.05) is 6.07 Å². The van der Waals surface area contributed by atoms with E-state index in [2.05, 4.69) is 15.1 Å². The number of benzene rings is 1. The summed E-state index contributed by atoms with van der Waals surface area (Å²) in [5.74, 6) is 1.41. The van der Waals surface area contributed by atoms with Crippen LogP contribution >= 0.6 is 0 Å². The Bertz CT molecular complexity index is 1140. The minimum atomic E-state index is -0.505. The summed E-state index contributed by atoms with van der Waals surface area (Å²) < 4.78 is 9.03. The number of hydrogen-bond donors (Lipinski definition) is 1. The molecule has 30 heavy (non-hydrogen) atoms. The molecule has 2 aromatic heterocycles. The Morgan fingerprint density at radius 1 is 1.23 bits per heavy atom. The maximum atomic E-state index is 12.4. The number of rotatable bonds is 2. The zero-order chi connectivity index (χ0) is 21.6. The number of carbonyl (C=O) groups is 1. The molecule has 1 aliphatic heterocycles. The van der Waals surface area contributed by atoms with E-state index in [1.165, 1.54) is 0 Å². The van der Waals surface area contributed by atoms with E-state index in [-0.39, 0.29) is 17.8 Å². The molecule has 1 saturated heterocycles. The van der Waals surface area contributed by atoms with Crippen molar-refractivity contribution in [1.29, 1.82) is 0 Å². The van der Waals surface area contributed by atoms with E-state index in [0.29, 0.717) is 18.9 Å². The van der Waals surface area contributed by atoms with Crippen LogP contribution in [0.1, 0.15) is 45.5 Å². The largest absolute Gasteiger partial charge is 0.444 e. The van der Waals surface area contributed by atoms with Gasteiger partial charge in [0.1, 0.15) is 11.4 Å². The number of H-pyrrole nitrogens is 1. The van der Waals surface area contributed by atoms with Crippen molar-refractivity contribution in [3.05, 3.63) is 34.5 Å². The lowest BCUT2D eigenvalue weighted by Crippen LogP contribution is -2.42. The normalized spacial score (nSPS) is 15.7. The van der Waals surface area contributed by atoms with Crippen molar-refractivity contribution in [1.82, 2.24) is 29.2 Å². The van der Waals surface area contributed by atoms with Crippen LogP contribution < -0.4 is 5.69 Å². The molecule has 0 spiro atoms. The molecule has 9 heteroatoms. The number of likely N-dealkylation sites (tertiary alicyclic amines) is 1. The monoisotopic (exact) mass is 412 g/mol. The van der Waals surface area contributed by atoms with Crippen LogP contribution in [-0.2, 0) is 11.8 Å². The van der Waals surface area contributed by atoms with Gasteiger partial charge in [0.05, 0.1) is 17.1 Å². The van der Waals surface area contributed by atoms with Gasteiger partial charge in [-0.15, -0.1) is 0 Å². The molecular weight excluding hydrogens is 384 g/mol. The van der Waals surface area contributed by atoms with Gasteiger partial charge in [-0.05, 0) is 52.7 Å². The number of nitrogens with zero attached hydrogens (tertiary/aromatic N) is 5. The summed E-state index contributed by atoms with van der Waals surface area (Å²) in [6, 6.07) is 5.90. The topological polar surface area (TPSA) is 98.0 Å². The van der Waals surface area contributed by atoms with Crippen LogP contribution in [0.4, 0.5) is 4.79 Å². The van der Waals surface area contributed by atoms with Gasteiger partial charge in [0, 0.05) is 25.7 Å². The summed E-state index contributed by atoms with van der Waals surface area (Å²) in [5, 5.41) is 4.65. The summed E-state index contributed by atoms with van der Waals surface area (Å²) in [6.07, 6.45) is 1.25. The van der Waals surface area contributed by atoms with Crippen LogP contribution in [0, 0.1) is 6.92 Å². The number of ether oxygens (including phenoxy) is 1. The second-order valence-electron chi connectivity index (χ2n) is 8.81. The van der Waals surface area contributed by atoms with E-state index in [0.717, 1.165) is 35.3 Å². The SMILES string of the molecule is Cc1nc(-c2cccc3c2[nH]c(=O)n3C)n(C2CCN(C(=O)OC(C)(C)C)CC2)n1. The van der Waals surface area contributed by atoms with Gasteiger partial charge in [-0.2, -0.15) is 5.10 Å². The maximum Gasteiger partial charge on any atom is 0.410 e. The Morgan fingerprint density at radius 2 is 1.93 bits per heavy atom. The second kappa shape index (κ2) is 7.30. The summed E-state index contributed by atoms with van der Waals surface area (Å²) in [4.78, 5) is 33.8. The van der Waals surface area contributed by atoms with E-state index in [1.54, 1.807) is 16.5 Å². The molecule has 160 valence electrons. The summed E-state index contributed by atoms with van der Waals surface area (Å²) in [7, 11) is 1.74. The Kier molecular flexibility index (Phi) is 4.91. The van der Waals surface area contributed by atoms with Crippen LogP contribution in [0.3, 0.4) is 0 Å². The van der Waals surface area contributed by atoms with Crippen molar-refractivity contribution in [2.75, 3.05) is 13.1 Å². The Hall–Kier alpha value is -3.10. The third kappa shape index (κ3) is 3.71. The van der Waals surface area contributed by atoms with Gasteiger partial charge in [-0.25, -0.2) is 19.3 Å². The summed E-state index contributed by atoms with van der Waals surface area (Å²) in [5.41, 5.74) is 1.76. The number of piperidine rings is 1. The fraction of sp³-hybridized carbons (Fsp3) is 0.524. The van der Waals surface area contributed by atoms with E-state index in [4.69, 9.17) is 4.74 Å².